The van der Waals surface area contributed by atoms with Crippen molar-refractivity contribution in [1.82, 2.24) is 9.97 Å². The van der Waals surface area contributed by atoms with E-state index in [0.717, 1.165) is 20.6 Å². The molecular formula is C12H14BrClN4S. The lowest BCUT2D eigenvalue weighted by molar-refractivity contribution is 0.832. The van der Waals surface area contributed by atoms with Gasteiger partial charge >= 0.3 is 0 Å². The Morgan fingerprint density at radius 1 is 1.42 bits per heavy atom. The lowest BCUT2D eigenvalue weighted by Crippen LogP contribution is -2.14. The summed E-state index contributed by atoms with van der Waals surface area (Å²) in [4.78, 5) is 9.94. The number of aromatic nitrogens is 2. The highest BCUT2D eigenvalue weighted by atomic mass is 79.9. The molecule has 0 saturated carbocycles. The van der Waals surface area contributed by atoms with Crippen LogP contribution in [-0.4, -0.2) is 9.97 Å². The Kier molecular flexibility index (Phi) is 4.45. The standard InChI is InChI=1S/C12H14BrClN4S/c1-5(2)9-6(3)16-11(17-12(9)18-15)8-4-7(13)10(14)19-8/h4-5H,15H2,1-3H3,(H,16,17,18). The van der Waals surface area contributed by atoms with Gasteiger partial charge in [0.15, 0.2) is 5.82 Å². The van der Waals surface area contributed by atoms with Crippen molar-refractivity contribution in [2.24, 2.45) is 5.84 Å². The number of nitrogens with one attached hydrogen (secondary N) is 1. The van der Waals surface area contributed by atoms with E-state index in [9.17, 15) is 0 Å². The van der Waals surface area contributed by atoms with Crippen LogP contribution in [0.2, 0.25) is 4.34 Å². The maximum atomic E-state index is 6.05. The molecule has 0 spiro atoms. The summed E-state index contributed by atoms with van der Waals surface area (Å²) in [5, 5.41) is 0. The Labute approximate surface area is 129 Å². The number of hydrazine groups is 1. The number of anilines is 1. The van der Waals surface area contributed by atoms with Gasteiger partial charge in [0.1, 0.15) is 10.2 Å². The van der Waals surface area contributed by atoms with Crippen molar-refractivity contribution in [3.63, 3.8) is 0 Å². The number of thiophene rings is 1. The first-order chi connectivity index (χ1) is 8.93. The van der Waals surface area contributed by atoms with E-state index in [-0.39, 0.29) is 0 Å². The van der Waals surface area contributed by atoms with Crippen molar-refractivity contribution in [1.29, 1.82) is 0 Å². The molecule has 0 saturated heterocycles. The zero-order valence-corrected chi connectivity index (χ0v) is 13.9. The van der Waals surface area contributed by atoms with E-state index in [2.05, 4.69) is 45.2 Å². The Balaban J connectivity index is 2.57. The van der Waals surface area contributed by atoms with Crippen LogP contribution in [0.15, 0.2) is 10.5 Å². The van der Waals surface area contributed by atoms with Gasteiger partial charge in [-0.15, -0.1) is 11.3 Å². The first-order valence-electron chi connectivity index (χ1n) is 5.74. The number of aryl methyl sites for hydroxylation is 1. The quantitative estimate of drug-likeness (QED) is 0.630. The van der Waals surface area contributed by atoms with Gasteiger partial charge in [-0.1, -0.05) is 25.4 Å². The molecule has 0 aliphatic rings. The molecule has 7 heteroatoms. The van der Waals surface area contributed by atoms with Crippen LogP contribution in [0.3, 0.4) is 0 Å². The molecule has 0 amide bonds. The molecule has 3 N–H and O–H groups in total. The third-order valence-corrected chi connectivity index (χ3v) is 5.19. The van der Waals surface area contributed by atoms with Crippen molar-refractivity contribution < 1.29 is 0 Å². The highest BCUT2D eigenvalue weighted by molar-refractivity contribution is 9.10. The Bertz CT molecular complexity index is 593. The number of hydrogen-bond acceptors (Lipinski definition) is 5. The van der Waals surface area contributed by atoms with E-state index in [4.69, 9.17) is 17.4 Å². The Hall–Kier alpha value is -0.690. The van der Waals surface area contributed by atoms with Gasteiger partial charge < -0.3 is 5.43 Å². The fourth-order valence-electron chi connectivity index (χ4n) is 1.95. The highest BCUT2D eigenvalue weighted by Crippen LogP contribution is 2.37. The number of nitrogens with zero attached hydrogens (tertiary/aromatic N) is 2. The van der Waals surface area contributed by atoms with E-state index >= 15 is 0 Å². The third kappa shape index (κ3) is 2.91. The van der Waals surface area contributed by atoms with Gasteiger partial charge in [-0.05, 0) is 34.8 Å². The zero-order valence-electron chi connectivity index (χ0n) is 10.8. The van der Waals surface area contributed by atoms with Crippen molar-refractivity contribution in [3.05, 3.63) is 26.1 Å². The van der Waals surface area contributed by atoms with E-state index in [1.165, 1.54) is 11.3 Å². The smallest absolute Gasteiger partial charge is 0.172 e. The topological polar surface area (TPSA) is 63.8 Å². The summed E-state index contributed by atoms with van der Waals surface area (Å²) in [5.74, 6) is 7.17. The number of hydrogen-bond donors (Lipinski definition) is 2. The molecule has 0 unspecified atom stereocenters. The maximum absolute atomic E-state index is 6.05. The summed E-state index contributed by atoms with van der Waals surface area (Å²) < 4.78 is 1.54. The molecule has 2 aromatic heterocycles. The van der Waals surface area contributed by atoms with E-state index in [0.29, 0.717) is 21.9 Å². The van der Waals surface area contributed by atoms with Crippen LogP contribution in [-0.2, 0) is 0 Å². The molecule has 0 atom stereocenters. The summed E-state index contributed by atoms with van der Waals surface area (Å²) in [6, 6.07) is 1.91. The van der Waals surface area contributed by atoms with Crippen molar-refractivity contribution in [2.75, 3.05) is 5.43 Å². The highest BCUT2D eigenvalue weighted by Gasteiger charge is 2.16. The predicted molar refractivity (Wildman–Crippen MR) is 84.7 cm³/mol. The number of nitrogens with two attached hydrogens (primary N) is 1. The summed E-state index contributed by atoms with van der Waals surface area (Å²) >= 11 is 10.9. The second-order valence-electron chi connectivity index (χ2n) is 4.43. The minimum Gasteiger partial charge on any atom is -0.308 e. The van der Waals surface area contributed by atoms with Gasteiger partial charge in [-0.25, -0.2) is 15.8 Å². The SMILES string of the molecule is Cc1nc(-c2cc(Br)c(Cl)s2)nc(NN)c1C(C)C. The molecular weight excluding hydrogens is 348 g/mol. The molecule has 102 valence electrons. The average Bonchev–Trinajstić information content (AvgIpc) is 2.68. The molecule has 0 bridgehead atoms. The van der Waals surface area contributed by atoms with Crippen LogP contribution < -0.4 is 11.3 Å². The van der Waals surface area contributed by atoms with Crippen LogP contribution in [0.25, 0.3) is 10.7 Å². The summed E-state index contributed by atoms with van der Waals surface area (Å²) in [7, 11) is 0. The van der Waals surface area contributed by atoms with Crippen LogP contribution in [0, 0.1) is 6.92 Å². The summed E-state index contributed by atoms with van der Waals surface area (Å²) in [6.45, 7) is 6.14. The molecule has 0 aromatic carbocycles. The minimum atomic E-state index is 0.304. The van der Waals surface area contributed by atoms with E-state index in [1.807, 2.05) is 13.0 Å². The van der Waals surface area contributed by atoms with Crippen molar-refractivity contribution >= 4 is 44.7 Å². The monoisotopic (exact) mass is 360 g/mol. The third-order valence-electron chi connectivity index (χ3n) is 2.72. The number of halogens is 2. The largest absolute Gasteiger partial charge is 0.308 e. The van der Waals surface area contributed by atoms with Crippen LogP contribution in [0.5, 0.6) is 0 Å². The van der Waals surface area contributed by atoms with E-state index in [1.54, 1.807) is 0 Å². The maximum Gasteiger partial charge on any atom is 0.172 e. The molecule has 0 radical (unpaired) electrons. The molecule has 2 heterocycles. The number of rotatable bonds is 3. The summed E-state index contributed by atoms with van der Waals surface area (Å²) in [5.41, 5.74) is 4.62. The Morgan fingerprint density at radius 2 is 2.11 bits per heavy atom. The van der Waals surface area contributed by atoms with E-state index < -0.39 is 0 Å². The predicted octanol–water partition coefficient (Wildman–Crippen LogP) is 4.34. The molecule has 2 aromatic rings. The molecule has 2 rings (SSSR count). The van der Waals surface area contributed by atoms with Gasteiger partial charge in [-0.2, -0.15) is 0 Å². The Morgan fingerprint density at radius 3 is 2.58 bits per heavy atom. The van der Waals surface area contributed by atoms with Gasteiger partial charge in [0.25, 0.3) is 0 Å². The lowest BCUT2D eigenvalue weighted by Gasteiger charge is -2.14. The summed E-state index contributed by atoms with van der Waals surface area (Å²) in [6.07, 6.45) is 0. The van der Waals surface area contributed by atoms with Gasteiger partial charge in [0.05, 0.1) is 4.88 Å². The molecule has 4 nitrogen and oxygen atoms in total. The lowest BCUT2D eigenvalue weighted by atomic mass is 10.0. The molecule has 0 aliphatic carbocycles. The van der Waals surface area contributed by atoms with Crippen LogP contribution in [0.4, 0.5) is 5.82 Å². The van der Waals surface area contributed by atoms with Crippen molar-refractivity contribution in [3.8, 4) is 10.7 Å². The van der Waals surface area contributed by atoms with Crippen LogP contribution in [0.1, 0.15) is 31.0 Å². The normalized spacial score (nSPS) is 11.1. The fourth-order valence-corrected chi connectivity index (χ4v) is 3.59. The zero-order chi connectivity index (χ0) is 14.2. The average molecular weight is 362 g/mol. The van der Waals surface area contributed by atoms with Crippen LogP contribution >= 0.6 is 38.9 Å². The first-order valence-corrected chi connectivity index (χ1v) is 7.73. The molecule has 0 fully saturated rings. The second kappa shape index (κ2) is 5.75. The minimum absolute atomic E-state index is 0.304. The van der Waals surface area contributed by atoms with Gasteiger partial charge in [-0.3, -0.25) is 0 Å². The van der Waals surface area contributed by atoms with Crippen molar-refractivity contribution in [2.45, 2.75) is 26.7 Å². The molecule has 0 aliphatic heterocycles. The fraction of sp³-hybridized carbons (Fsp3) is 0.333. The first kappa shape index (κ1) is 14.7. The molecule has 19 heavy (non-hydrogen) atoms. The van der Waals surface area contributed by atoms with Gasteiger partial charge in [0.2, 0.25) is 0 Å². The van der Waals surface area contributed by atoms with Gasteiger partial charge in [0, 0.05) is 15.7 Å². The number of nitrogen functional groups attached to an aromatic ring is 1. The second-order valence-corrected chi connectivity index (χ2v) is 6.93.